The summed E-state index contributed by atoms with van der Waals surface area (Å²) in [6.45, 7) is 11.9. The van der Waals surface area contributed by atoms with Gasteiger partial charge in [-0.1, -0.05) is 34.6 Å². The van der Waals surface area contributed by atoms with Crippen molar-refractivity contribution in [2.75, 3.05) is 13.7 Å². The SMILES string of the molecule is COC1CC(NCC(N)C(C)(C)C)C1(C)C. The maximum absolute atomic E-state index is 6.14. The Morgan fingerprint density at radius 1 is 1.44 bits per heavy atom. The molecule has 0 spiro atoms. The number of hydrogen-bond donors (Lipinski definition) is 2. The Hall–Kier alpha value is -0.120. The lowest BCUT2D eigenvalue weighted by atomic mass is 9.64. The van der Waals surface area contributed by atoms with Crippen LogP contribution in [-0.2, 0) is 4.74 Å². The Bertz CT molecular complexity index is 233. The van der Waals surface area contributed by atoms with E-state index in [1.165, 1.54) is 0 Å². The molecule has 1 rings (SSSR count). The van der Waals surface area contributed by atoms with Crippen molar-refractivity contribution in [1.29, 1.82) is 0 Å². The second-order valence-electron chi connectivity index (χ2n) is 6.71. The molecule has 1 fully saturated rings. The third-order valence-electron chi connectivity index (χ3n) is 4.16. The van der Waals surface area contributed by atoms with Gasteiger partial charge >= 0.3 is 0 Å². The van der Waals surface area contributed by atoms with Gasteiger partial charge in [-0.25, -0.2) is 0 Å². The van der Waals surface area contributed by atoms with Crippen LogP contribution in [0.3, 0.4) is 0 Å². The molecule has 3 heteroatoms. The first-order valence-corrected chi connectivity index (χ1v) is 6.21. The predicted molar refractivity (Wildman–Crippen MR) is 68.4 cm³/mol. The fourth-order valence-corrected chi connectivity index (χ4v) is 2.21. The van der Waals surface area contributed by atoms with Crippen LogP contribution in [0.25, 0.3) is 0 Å². The standard InChI is InChI=1S/C13H28N2O/c1-12(2,3)9(14)8-15-10-7-11(16-6)13(10,4)5/h9-11,15H,7-8,14H2,1-6H3. The lowest BCUT2D eigenvalue weighted by Crippen LogP contribution is -2.62. The summed E-state index contributed by atoms with van der Waals surface area (Å²) < 4.78 is 5.43. The number of ether oxygens (including phenoxy) is 1. The summed E-state index contributed by atoms with van der Waals surface area (Å²) in [5, 5.41) is 3.57. The molecule has 1 aliphatic carbocycles. The summed E-state index contributed by atoms with van der Waals surface area (Å²) in [5.74, 6) is 0. The number of hydrogen-bond acceptors (Lipinski definition) is 3. The average molecular weight is 228 g/mol. The first-order valence-electron chi connectivity index (χ1n) is 6.21. The van der Waals surface area contributed by atoms with Crippen LogP contribution in [0, 0.1) is 10.8 Å². The molecule has 0 bridgehead atoms. The van der Waals surface area contributed by atoms with E-state index in [0.717, 1.165) is 13.0 Å². The summed E-state index contributed by atoms with van der Waals surface area (Å²) in [5.41, 5.74) is 6.54. The molecule has 3 nitrogen and oxygen atoms in total. The number of methoxy groups -OCH3 is 1. The summed E-state index contributed by atoms with van der Waals surface area (Å²) in [6, 6.07) is 0.732. The molecule has 0 saturated heterocycles. The minimum atomic E-state index is 0.168. The topological polar surface area (TPSA) is 47.3 Å². The highest BCUT2D eigenvalue weighted by molar-refractivity contribution is 5.03. The minimum absolute atomic E-state index is 0.168. The molecule has 1 saturated carbocycles. The van der Waals surface area contributed by atoms with Gasteiger partial charge in [-0.2, -0.15) is 0 Å². The van der Waals surface area contributed by atoms with Crippen LogP contribution in [0.5, 0.6) is 0 Å². The van der Waals surface area contributed by atoms with Crippen molar-refractivity contribution in [2.45, 2.75) is 59.2 Å². The lowest BCUT2D eigenvalue weighted by molar-refractivity contribution is -0.0979. The molecule has 0 heterocycles. The number of nitrogens with two attached hydrogens (primary N) is 1. The van der Waals surface area contributed by atoms with E-state index in [1.807, 2.05) is 0 Å². The van der Waals surface area contributed by atoms with Crippen molar-refractivity contribution in [3.05, 3.63) is 0 Å². The molecule has 0 amide bonds. The molecule has 0 aliphatic heterocycles. The van der Waals surface area contributed by atoms with E-state index >= 15 is 0 Å². The molecular weight excluding hydrogens is 200 g/mol. The zero-order chi connectivity index (χ0) is 12.6. The molecule has 3 unspecified atom stereocenters. The van der Waals surface area contributed by atoms with Crippen LogP contribution in [0.15, 0.2) is 0 Å². The van der Waals surface area contributed by atoms with Crippen LogP contribution < -0.4 is 11.1 Å². The van der Waals surface area contributed by atoms with Gasteiger partial charge in [0, 0.05) is 31.2 Å². The van der Waals surface area contributed by atoms with Crippen molar-refractivity contribution in [3.63, 3.8) is 0 Å². The summed E-state index contributed by atoms with van der Waals surface area (Å²) in [6.07, 6.45) is 1.48. The lowest BCUT2D eigenvalue weighted by Gasteiger charge is -2.52. The normalized spacial score (nSPS) is 30.9. The first kappa shape index (κ1) is 13.9. The van der Waals surface area contributed by atoms with Gasteiger partial charge in [-0.3, -0.25) is 0 Å². The molecular formula is C13H28N2O. The molecule has 1 aliphatic rings. The van der Waals surface area contributed by atoms with Crippen LogP contribution in [0.4, 0.5) is 0 Å². The average Bonchev–Trinajstić information content (AvgIpc) is 2.14. The van der Waals surface area contributed by atoms with Crippen molar-refractivity contribution in [1.82, 2.24) is 5.32 Å². The quantitative estimate of drug-likeness (QED) is 0.771. The van der Waals surface area contributed by atoms with Crippen LogP contribution in [0.2, 0.25) is 0 Å². The van der Waals surface area contributed by atoms with E-state index in [4.69, 9.17) is 10.5 Å². The molecule has 96 valence electrons. The van der Waals surface area contributed by atoms with Gasteiger partial charge < -0.3 is 15.8 Å². The predicted octanol–water partition coefficient (Wildman–Crippen LogP) is 1.76. The Morgan fingerprint density at radius 3 is 2.38 bits per heavy atom. The maximum Gasteiger partial charge on any atom is 0.0652 e. The Kier molecular flexibility index (Phi) is 4.04. The minimum Gasteiger partial charge on any atom is -0.381 e. The molecule has 16 heavy (non-hydrogen) atoms. The Labute approximate surface area is 100 Å². The van der Waals surface area contributed by atoms with Crippen LogP contribution in [0.1, 0.15) is 41.0 Å². The van der Waals surface area contributed by atoms with Gasteiger partial charge in [0.05, 0.1) is 6.10 Å². The Balaban J connectivity index is 2.36. The number of nitrogens with one attached hydrogen (secondary N) is 1. The van der Waals surface area contributed by atoms with Crippen LogP contribution >= 0.6 is 0 Å². The van der Waals surface area contributed by atoms with Gasteiger partial charge in [0.1, 0.15) is 0 Å². The van der Waals surface area contributed by atoms with Crippen molar-refractivity contribution >= 4 is 0 Å². The highest BCUT2D eigenvalue weighted by atomic mass is 16.5. The van der Waals surface area contributed by atoms with Gasteiger partial charge in [0.25, 0.3) is 0 Å². The maximum atomic E-state index is 6.14. The molecule has 3 atom stereocenters. The highest BCUT2D eigenvalue weighted by Crippen LogP contribution is 2.42. The van der Waals surface area contributed by atoms with E-state index in [9.17, 15) is 0 Å². The van der Waals surface area contributed by atoms with Crippen LogP contribution in [-0.4, -0.2) is 31.8 Å². The largest absolute Gasteiger partial charge is 0.381 e. The van der Waals surface area contributed by atoms with E-state index in [1.54, 1.807) is 7.11 Å². The smallest absolute Gasteiger partial charge is 0.0652 e. The van der Waals surface area contributed by atoms with E-state index in [2.05, 4.69) is 39.9 Å². The summed E-state index contributed by atoms with van der Waals surface area (Å²) >= 11 is 0. The zero-order valence-electron chi connectivity index (χ0n) is 11.6. The molecule has 0 aromatic rings. The third-order valence-corrected chi connectivity index (χ3v) is 4.16. The highest BCUT2D eigenvalue weighted by Gasteiger charge is 2.48. The fourth-order valence-electron chi connectivity index (χ4n) is 2.21. The van der Waals surface area contributed by atoms with E-state index < -0.39 is 0 Å². The van der Waals surface area contributed by atoms with Crippen molar-refractivity contribution in [2.24, 2.45) is 16.6 Å². The fraction of sp³-hybridized carbons (Fsp3) is 1.00. The first-order chi connectivity index (χ1) is 7.19. The molecule has 0 radical (unpaired) electrons. The Morgan fingerprint density at radius 2 is 2.00 bits per heavy atom. The van der Waals surface area contributed by atoms with E-state index in [0.29, 0.717) is 12.1 Å². The van der Waals surface area contributed by atoms with Gasteiger partial charge in [0.15, 0.2) is 0 Å². The van der Waals surface area contributed by atoms with Gasteiger partial charge in [-0.15, -0.1) is 0 Å². The second-order valence-corrected chi connectivity index (χ2v) is 6.71. The van der Waals surface area contributed by atoms with E-state index in [-0.39, 0.29) is 16.9 Å². The monoisotopic (exact) mass is 228 g/mol. The van der Waals surface area contributed by atoms with Crippen molar-refractivity contribution < 1.29 is 4.74 Å². The summed E-state index contributed by atoms with van der Waals surface area (Å²) in [7, 11) is 1.80. The van der Waals surface area contributed by atoms with Gasteiger partial charge in [0.2, 0.25) is 0 Å². The number of rotatable bonds is 4. The van der Waals surface area contributed by atoms with Crippen molar-refractivity contribution in [3.8, 4) is 0 Å². The summed E-state index contributed by atoms with van der Waals surface area (Å²) in [4.78, 5) is 0. The zero-order valence-corrected chi connectivity index (χ0v) is 11.6. The molecule has 0 aromatic heterocycles. The second kappa shape index (κ2) is 4.63. The van der Waals surface area contributed by atoms with Gasteiger partial charge in [-0.05, 0) is 11.8 Å². The molecule has 3 N–H and O–H groups in total. The molecule has 0 aromatic carbocycles. The third kappa shape index (κ3) is 2.76.